The van der Waals surface area contributed by atoms with Crippen molar-refractivity contribution in [2.75, 3.05) is 28.4 Å². The molecule has 0 aromatic heterocycles. The molecule has 0 unspecified atom stereocenters. The van der Waals surface area contributed by atoms with Gasteiger partial charge in [-0.2, -0.15) is 0 Å². The van der Waals surface area contributed by atoms with Gasteiger partial charge < -0.3 is 34.7 Å². The zero-order valence-electron chi connectivity index (χ0n) is 19.6. The SMILES string of the molecule is CCCC[C@@H](NC(=O)[C@H](CCC(=O)O)NC(=O)c1cc(OC)c(OC)c(OC)c1)C(=O)OC. The van der Waals surface area contributed by atoms with Crippen LogP contribution in [-0.4, -0.2) is 69.4 Å². The third kappa shape index (κ3) is 8.17. The summed E-state index contributed by atoms with van der Waals surface area (Å²) in [6, 6.07) is 0.692. The fraction of sp³-hybridized carbons (Fsp3) is 0.545. The number of ether oxygens (including phenoxy) is 4. The molecular formula is C22H32N2O9. The third-order valence-corrected chi connectivity index (χ3v) is 4.84. The first-order chi connectivity index (χ1) is 15.7. The van der Waals surface area contributed by atoms with Crippen LogP contribution in [0.3, 0.4) is 0 Å². The Hall–Kier alpha value is -3.50. The van der Waals surface area contributed by atoms with Crippen molar-refractivity contribution in [1.82, 2.24) is 10.6 Å². The molecule has 0 heterocycles. The van der Waals surface area contributed by atoms with Crippen molar-refractivity contribution in [2.24, 2.45) is 0 Å². The molecule has 1 aromatic carbocycles. The summed E-state index contributed by atoms with van der Waals surface area (Å²) in [5.41, 5.74) is 0.105. The van der Waals surface area contributed by atoms with Crippen LogP contribution in [0.15, 0.2) is 12.1 Å². The zero-order valence-corrected chi connectivity index (χ0v) is 19.6. The van der Waals surface area contributed by atoms with Gasteiger partial charge in [-0.25, -0.2) is 4.79 Å². The van der Waals surface area contributed by atoms with Crippen molar-refractivity contribution in [3.05, 3.63) is 17.7 Å². The lowest BCUT2D eigenvalue weighted by Gasteiger charge is -2.22. The number of hydrogen-bond donors (Lipinski definition) is 3. The highest BCUT2D eigenvalue weighted by Gasteiger charge is 2.28. The fourth-order valence-electron chi connectivity index (χ4n) is 3.06. The normalized spacial score (nSPS) is 12.2. The Bertz CT molecular complexity index is 816. The van der Waals surface area contributed by atoms with Crippen molar-refractivity contribution in [2.45, 2.75) is 51.1 Å². The molecule has 2 amide bonds. The number of esters is 1. The fourth-order valence-corrected chi connectivity index (χ4v) is 3.06. The van der Waals surface area contributed by atoms with Crippen LogP contribution in [-0.2, 0) is 19.1 Å². The highest BCUT2D eigenvalue weighted by atomic mass is 16.5. The summed E-state index contributed by atoms with van der Waals surface area (Å²) >= 11 is 0. The van der Waals surface area contributed by atoms with Crippen molar-refractivity contribution >= 4 is 23.8 Å². The smallest absolute Gasteiger partial charge is 0.328 e. The van der Waals surface area contributed by atoms with Crippen LogP contribution in [0.4, 0.5) is 0 Å². The lowest BCUT2D eigenvalue weighted by Crippen LogP contribution is -2.52. The molecule has 2 atom stereocenters. The molecular weight excluding hydrogens is 436 g/mol. The molecule has 0 bridgehead atoms. The molecule has 11 heteroatoms. The van der Waals surface area contributed by atoms with Gasteiger partial charge in [0, 0.05) is 12.0 Å². The van der Waals surface area contributed by atoms with Gasteiger partial charge in [-0.1, -0.05) is 19.8 Å². The van der Waals surface area contributed by atoms with E-state index in [-0.39, 0.29) is 35.7 Å². The quantitative estimate of drug-likeness (QED) is 0.345. The number of carbonyl (C=O) groups excluding carboxylic acids is 3. The number of aliphatic carboxylic acids is 1. The summed E-state index contributed by atoms with van der Waals surface area (Å²) in [7, 11) is 5.42. The minimum absolute atomic E-state index is 0.105. The molecule has 0 aliphatic heterocycles. The predicted molar refractivity (Wildman–Crippen MR) is 118 cm³/mol. The van der Waals surface area contributed by atoms with Crippen LogP contribution >= 0.6 is 0 Å². The molecule has 1 aromatic rings. The molecule has 33 heavy (non-hydrogen) atoms. The number of carboxylic acid groups (broad SMARTS) is 1. The van der Waals surface area contributed by atoms with Gasteiger partial charge in [0.1, 0.15) is 12.1 Å². The van der Waals surface area contributed by atoms with Gasteiger partial charge in [0.05, 0.1) is 28.4 Å². The van der Waals surface area contributed by atoms with Crippen LogP contribution in [0.1, 0.15) is 49.4 Å². The number of carbonyl (C=O) groups is 4. The predicted octanol–water partition coefficient (Wildman–Crippen LogP) is 1.52. The van der Waals surface area contributed by atoms with Crippen molar-refractivity contribution in [1.29, 1.82) is 0 Å². The van der Waals surface area contributed by atoms with Gasteiger partial charge in [0.15, 0.2) is 11.5 Å². The Balaban J connectivity index is 3.14. The molecule has 0 aliphatic carbocycles. The number of carboxylic acids is 1. The number of methoxy groups -OCH3 is 4. The van der Waals surface area contributed by atoms with Crippen molar-refractivity contribution in [3.63, 3.8) is 0 Å². The van der Waals surface area contributed by atoms with Crippen molar-refractivity contribution < 1.29 is 43.2 Å². The van der Waals surface area contributed by atoms with E-state index >= 15 is 0 Å². The number of nitrogens with one attached hydrogen (secondary N) is 2. The second-order valence-electron chi connectivity index (χ2n) is 7.10. The van der Waals surface area contributed by atoms with E-state index in [1.165, 1.54) is 40.6 Å². The number of rotatable bonds is 14. The highest BCUT2D eigenvalue weighted by Crippen LogP contribution is 2.38. The monoisotopic (exact) mass is 468 g/mol. The molecule has 0 spiro atoms. The van der Waals surface area contributed by atoms with Gasteiger partial charge >= 0.3 is 11.9 Å². The van der Waals surface area contributed by atoms with E-state index in [0.29, 0.717) is 12.8 Å². The zero-order chi connectivity index (χ0) is 25.0. The van der Waals surface area contributed by atoms with Crippen molar-refractivity contribution in [3.8, 4) is 17.2 Å². The van der Waals surface area contributed by atoms with E-state index in [1.807, 2.05) is 6.92 Å². The van der Waals surface area contributed by atoms with Crippen LogP contribution in [0.2, 0.25) is 0 Å². The summed E-state index contributed by atoms with van der Waals surface area (Å²) in [6.07, 6.45) is 1.26. The third-order valence-electron chi connectivity index (χ3n) is 4.84. The Morgan fingerprint density at radius 2 is 1.52 bits per heavy atom. The van der Waals surface area contributed by atoms with Gasteiger partial charge in [-0.05, 0) is 25.0 Å². The number of amides is 2. The van der Waals surface area contributed by atoms with Gasteiger partial charge in [0.25, 0.3) is 5.91 Å². The number of benzene rings is 1. The molecule has 3 N–H and O–H groups in total. The summed E-state index contributed by atoms with van der Waals surface area (Å²) in [4.78, 5) is 48.9. The van der Waals surface area contributed by atoms with Crippen LogP contribution < -0.4 is 24.8 Å². The summed E-state index contributed by atoms with van der Waals surface area (Å²) < 4.78 is 20.4. The molecule has 11 nitrogen and oxygen atoms in total. The minimum Gasteiger partial charge on any atom is -0.493 e. The molecule has 0 saturated carbocycles. The van der Waals surface area contributed by atoms with Gasteiger partial charge in [-0.15, -0.1) is 0 Å². The Morgan fingerprint density at radius 3 is 1.97 bits per heavy atom. The molecule has 184 valence electrons. The van der Waals surface area contributed by atoms with Crippen LogP contribution in [0.25, 0.3) is 0 Å². The van der Waals surface area contributed by atoms with Crippen LogP contribution in [0.5, 0.6) is 17.2 Å². The second-order valence-corrected chi connectivity index (χ2v) is 7.10. The van der Waals surface area contributed by atoms with E-state index in [9.17, 15) is 19.2 Å². The molecule has 0 aliphatic rings. The Labute approximate surface area is 192 Å². The number of unbranched alkanes of at least 4 members (excludes halogenated alkanes) is 1. The first-order valence-corrected chi connectivity index (χ1v) is 10.4. The second kappa shape index (κ2) is 13.8. The lowest BCUT2D eigenvalue weighted by atomic mass is 10.1. The standard InChI is InChI=1S/C22H32N2O9/c1-6-7-8-15(22(29)33-5)24-21(28)14(9-10-18(25)26)23-20(27)13-11-16(30-2)19(32-4)17(12-13)31-3/h11-12,14-15H,6-10H2,1-5H3,(H,23,27)(H,24,28)(H,25,26)/t14-,15+/m0/s1. The summed E-state index contributed by atoms with van der Waals surface area (Å²) in [6.45, 7) is 1.93. The van der Waals surface area contributed by atoms with E-state index < -0.39 is 35.8 Å². The van der Waals surface area contributed by atoms with E-state index in [0.717, 1.165) is 6.42 Å². The maximum absolute atomic E-state index is 12.9. The molecule has 0 saturated heterocycles. The first-order valence-electron chi connectivity index (χ1n) is 10.4. The highest BCUT2D eigenvalue weighted by molar-refractivity contribution is 5.99. The molecule has 0 radical (unpaired) electrons. The molecule has 1 rings (SSSR count). The first kappa shape index (κ1) is 27.5. The Kier molecular flexibility index (Phi) is 11.5. The van der Waals surface area contributed by atoms with Gasteiger partial charge in [-0.3, -0.25) is 14.4 Å². The largest absolute Gasteiger partial charge is 0.493 e. The van der Waals surface area contributed by atoms with E-state index in [1.54, 1.807) is 0 Å². The summed E-state index contributed by atoms with van der Waals surface area (Å²) in [5, 5.41) is 14.1. The maximum Gasteiger partial charge on any atom is 0.328 e. The molecule has 0 fully saturated rings. The average Bonchev–Trinajstić information content (AvgIpc) is 2.81. The summed E-state index contributed by atoms with van der Waals surface area (Å²) in [5.74, 6) is -2.35. The topological polar surface area (TPSA) is 149 Å². The average molecular weight is 469 g/mol. The Morgan fingerprint density at radius 1 is 0.909 bits per heavy atom. The number of hydrogen-bond acceptors (Lipinski definition) is 8. The lowest BCUT2D eigenvalue weighted by molar-refractivity contribution is -0.145. The van der Waals surface area contributed by atoms with E-state index in [4.69, 9.17) is 24.1 Å². The minimum atomic E-state index is -1.21. The van der Waals surface area contributed by atoms with Crippen LogP contribution in [0, 0.1) is 0 Å². The van der Waals surface area contributed by atoms with E-state index in [2.05, 4.69) is 10.6 Å². The maximum atomic E-state index is 12.9. The van der Waals surface area contributed by atoms with Gasteiger partial charge in [0.2, 0.25) is 11.7 Å².